The number of rotatable bonds is 26. The van der Waals surface area contributed by atoms with Crippen molar-refractivity contribution in [2.24, 2.45) is 0 Å². The van der Waals surface area contributed by atoms with E-state index in [0.29, 0.717) is 0 Å². The minimum absolute atomic E-state index is 0.0139. The first kappa shape index (κ1) is 87.1. The number of benzene rings is 5. The largest absolute Gasteiger partial charge is 0.311 e. The molecule has 7 N–H and O–H groups in total. The molecule has 8 aromatic rings. The first-order valence-electron chi connectivity index (χ1n) is 32.7. The summed E-state index contributed by atoms with van der Waals surface area (Å²) in [5, 5.41) is 23.0. The van der Waals surface area contributed by atoms with Crippen LogP contribution in [0, 0.1) is 20.8 Å². The second-order valence-corrected chi connectivity index (χ2v) is 28.6. The Morgan fingerprint density at radius 3 is 1.18 bits per heavy atom. The Labute approximate surface area is 605 Å². The average molecular weight is 1460 g/mol. The maximum absolute atomic E-state index is 11.5. The Kier molecular flexibility index (Phi) is 41.2. The summed E-state index contributed by atoms with van der Waals surface area (Å²) in [6.07, 6.45) is 3.02. The van der Waals surface area contributed by atoms with Gasteiger partial charge in [-0.25, -0.2) is 4.98 Å². The van der Waals surface area contributed by atoms with Gasteiger partial charge in [-0.3, -0.25) is 33.6 Å². The van der Waals surface area contributed by atoms with E-state index in [1.54, 1.807) is 96.6 Å². The van der Waals surface area contributed by atoms with Crippen molar-refractivity contribution in [3.63, 3.8) is 0 Å². The van der Waals surface area contributed by atoms with Gasteiger partial charge in [-0.2, -0.15) is 0 Å². The van der Waals surface area contributed by atoms with Crippen LogP contribution in [0.4, 0.5) is 0 Å². The van der Waals surface area contributed by atoms with Gasteiger partial charge < -0.3 is 37.2 Å². The molecule has 5 aromatic carbocycles. The molecule has 0 aliphatic heterocycles. The van der Waals surface area contributed by atoms with Crippen molar-refractivity contribution in [1.82, 2.24) is 42.2 Å². The molecule has 0 aliphatic rings. The van der Waals surface area contributed by atoms with Gasteiger partial charge in [-0.1, -0.05) is 133 Å². The Hall–Kier alpha value is -6.98. The molecule has 530 valence electrons. The third-order valence-electron chi connectivity index (χ3n) is 16.5. The summed E-state index contributed by atoms with van der Waals surface area (Å²) in [6, 6.07) is 49.2. The Morgan fingerprint density at radius 1 is 0.449 bits per heavy atom. The van der Waals surface area contributed by atoms with Crippen molar-refractivity contribution in [3.05, 3.63) is 204 Å². The highest BCUT2D eigenvalue weighted by molar-refractivity contribution is 9.11. The molecule has 0 radical (unpaired) electrons. The van der Waals surface area contributed by atoms with Crippen LogP contribution in [0.1, 0.15) is 119 Å². The number of aryl methyl sites for hydroxylation is 3. The second kappa shape index (κ2) is 46.4. The smallest absolute Gasteiger partial charge is 0.151 e. The zero-order valence-corrected chi connectivity index (χ0v) is 65.2. The molecular formula is C79H107BrN8O7S3. The zero-order valence-electron chi connectivity index (χ0n) is 61.2. The minimum Gasteiger partial charge on any atom is -0.311 e. The standard InChI is InChI=1S/C17H19NO.C15H18N2OS.C15H17NOS.C12H17NO.C9H12BrNOS.C6H13NO.C5H11NO/c1-13(19)17(18-2)12-14-8-10-16(11-9-14)15-6-4-3-5-7-15;1-10-15(19-9-17-10)13-6-4-12(5-7-13)8-14(16-3)11(2)18;1-10-8-9-18-15(10)13-6-4-12(5-7-13)14(16-3)11(2)17;1-9-4-6-11(7-5-9)8-12(13-3)10(2)14;1-6(12)8(11-2)5-7-3-4-9(10)13-7;1-5(8)6(2,3)7-4;1-4(6-3)5(2)7/h3-11,17-18H,12H2,1-2H3;4-7,9,14,16H,8H2,1-3H3;4-9,14,16H,1-3H3;4-7,12-13H,8H2,1-3H3;3-4,8,11H,5H2,1-2H3;7H,1-4H3;4,6H,1-3H3/t17-;2*14-;12-;8-;;4-/m11011.1/s1. The predicted octanol–water partition coefficient (Wildman–Crippen LogP) is 14.2. The van der Waals surface area contributed by atoms with Gasteiger partial charge in [0.2, 0.25) is 0 Å². The molecule has 0 bridgehead atoms. The molecule has 3 aromatic heterocycles. The first-order valence-corrected chi connectivity index (χ1v) is 36.1. The predicted molar refractivity (Wildman–Crippen MR) is 416 cm³/mol. The van der Waals surface area contributed by atoms with Crippen molar-refractivity contribution < 1.29 is 33.6 Å². The lowest BCUT2D eigenvalue weighted by Gasteiger charge is -2.19. The minimum atomic E-state index is -0.347. The maximum atomic E-state index is 11.5. The number of thiophene rings is 2. The van der Waals surface area contributed by atoms with Gasteiger partial charge in [0.25, 0.3) is 0 Å². The van der Waals surface area contributed by atoms with E-state index in [1.807, 2.05) is 111 Å². The number of likely N-dealkylation sites (N-methyl/N-ethyl adjacent to an activating group) is 7. The van der Waals surface area contributed by atoms with E-state index in [-0.39, 0.29) is 82.3 Å². The number of hydrogen-bond donors (Lipinski definition) is 7. The van der Waals surface area contributed by atoms with Crippen LogP contribution in [0.2, 0.25) is 0 Å². The molecule has 6 atom stereocenters. The molecule has 0 saturated carbocycles. The van der Waals surface area contributed by atoms with Crippen LogP contribution < -0.4 is 37.2 Å². The van der Waals surface area contributed by atoms with Crippen molar-refractivity contribution in [2.45, 2.75) is 157 Å². The van der Waals surface area contributed by atoms with Crippen LogP contribution in [0.3, 0.4) is 0 Å². The summed E-state index contributed by atoms with van der Waals surface area (Å²) < 4.78 is 1.11. The van der Waals surface area contributed by atoms with Crippen molar-refractivity contribution in [1.29, 1.82) is 0 Å². The van der Waals surface area contributed by atoms with E-state index >= 15 is 0 Å². The van der Waals surface area contributed by atoms with E-state index in [0.717, 1.165) is 40.7 Å². The van der Waals surface area contributed by atoms with Gasteiger partial charge in [0, 0.05) is 16.2 Å². The summed E-state index contributed by atoms with van der Waals surface area (Å²) in [4.78, 5) is 85.5. The molecule has 0 spiro atoms. The van der Waals surface area contributed by atoms with Crippen LogP contribution in [0.15, 0.2) is 160 Å². The summed E-state index contributed by atoms with van der Waals surface area (Å²) in [5.74, 6) is 1.21. The summed E-state index contributed by atoms with van der Waals surface area (Å²) in [6.45, 7) is 23.0. The highest BCUT2D eigenvalue weighted by atomic mass is 79.9. The van der Waals surface area contributed by atoms with Crippen molar-refractivity contribution in [2.75, 3.05) is 49.3 Å². The van der Waals surface area contributed by atoms with E-state index in [9.17, 15) is 33.6 Å². The third-order valence-corrected chi connectivity index (χ3v) is 20.2. The van der Waals surface area contributed by atoms with Crippen LogP contribution >= 0.6 is 49.9 Å². The lowest BCUT2D eigenvalue weighted by atomic mass is 9.99. The van der Waals surface area contributed by atoms with Gasteiger partial charge in [0.15, 0.2) is 5.78 Å². The number of carbonyl (C=O) groups excluding carboxylic acids is 7. The van der Waals surface area contributed by atoms with Gasteiger partial charge >= 0.3 is 0 Å². The number of thiazole rings is 1. The van der Waals surface area contributed by atoms with Crippen molar-refractivity contribution in [3.8, 4) is 32.0 Å². The highest BCUT2D eigenvalue weighted by Gasteiger charge is 2.20. The average Bonchev–Trinajstić information content (AvgIpc) is 1.51. The fraction of sp³-hybridized carbons (Fsp3) is 0.392. The van der Waals surface area contributed by atoms with Gasteiger partial charge in [0.1, 0.15) is 34.7 Å². The fourth-order valence-electron chi connectivity index (χ4n) is 9.20. The molecular weight excluding hydrogens is 1350 g/mol. The number of halogens is 1. The fourth-order valence-corrected chi connectivity index (χ4v) is 12.5. The second-order valence-electron chi connectivity index (χ2n) is 24.3. The van der Waals surface area contributed by atoms with Gasteiger partial charge in [0.05, 0.1) is 61.7 Å². The number of ketones is 7. The molecule has 0 fully saturated rings. The molecule has 0 aliphatic carbocycles. The molecule has 19 heteroatoms. The quantitative estimate of drug-likeness (QED) is 0.0268. The van der Waals surface area contributed by atoms with Crippen LogP contribution in [0.25, 0.3) is 32.0 Å². The van der Waals surface area contributed by atoms with Crippen LogP contribution in [-0.2, 0) is 59.2 Å². The Morgan fingerprint density at radius 2 is 0.867 bits per heavy atom. The highest BCUT2D eigenvalue weighted by Crippen LogP contribution is 2.31. The van der Waals surface area contributed by atoms with Gasteiger partial charge in [-0.05, 0) is 248 Å². The van der Waals surface area contributed by atoms with Gasteiger partial charge in [-0.15, -0.1) is 34.0 Å². The van der Waals surface area contributed by atoms with Crippen LogP contribution in [0.5, 0.6) is 0 Å². The summed E-state index contributed by atoms with van der Waals surface area (Å²) in [5.41, 5.74) is 14.5. The third kappa shape index (κ3) is 31.9. The number of nitrogens with zero attached hydrogens (tertiary/aromatic N) is 1. The zero-order chi connectivity index (χ0) is 73.7. The number of aromatic nitrogens is 1. The van der Waals surface area contributed by atoms with Crippen molar-refractivity contribution >= 4 is 90.4 Å². The molecule has 98 heavy (non-hydrogen) atoms. The lowest BCUT2D eigenvalue weighted by Crippen LogP contribution is -2.42. The monoisotopic (exact) mass is 1450 g/mol. The SMILES string of the molecule is CNC(C)(C)C(C)=O.CN[C@@H](C(C)=O)c1ccc(-c2sccc2C)cc1.CN[C@H](C)C(C)=O.CN[C@H](Cc1ccc(-c2ccccc2)cc1)C(C)=O.CN[C@H](Cc1ccc(-c2scnc2C)cc1)C(C)=O.CN[C@H](Cc1ccc(Br)s1)C(C)=O.CN[C@H](Cc1ccc(C)cc1)C(C)=O. The first-order chi connectivity index (χ1) is 46.4. The lowest BCUT2D eigenvalue weighted by molar-refractivity contribution is -0.122. The molecule has 15 nitrogen and oxygen atoms in total. The molecule has 8 rings (SSSR count). The van der Waals surface area contributed by atoms with E-state index in [2.05, 4.69) is 180 Å². The number of hydrogen-bond acceptors (Lipinski definition) is 18. The summed E-state index contributed by atoms with van der Waals surface area (Å²) in [7, 11) is 12.6. The molecule has 0 amide bonds. The normalized spacial score (nSPS) is 12.4. The molecule has 0 saturated heterocycles. The topological polar surface area (TPSA) is 217 Å². The number of Topliss-reactive ketones (excluding diaryl/α,β-unsaturated/α-hetero) is 7. The maximum Gasteiger partial charge on any atom is 0.151 e. The van der Waals surface area contributed by atoms with E-state index in [1.165, 1.54) is 64.7 Å². The molecule has 0 unspecified atom stereocenters. The summed E-state index contributed by atoms with van der Waals surface area (Å²) >= 11 is 8.47. The number of carbonyl (C=O) groups is 7. The number of nitrogens with one attached hydrogen (secondary N) is 7. The van der Waals surface area contributed by atoms with E-state index < -0.39 is 0 Å². The van der Waals surface area contributed by atoms with E-state index in [4.69, 9.17) is 0 Å². The molecule has 3 heterocycles. The Bertz CT molecular complexity index is 3660. The van der Waals surface area contributed by atoms with Crippen LogP contribution in [-0.4, -0.2) is 131 Å². The Balaban J connectivity index is 0.000000398.